The number of aliphatic hydroxyl groups excluding tert-OH is 1. The zero-order valence-corrected chi connectivity index (χ0v) is 17.5. The van der Waals surface area contributed by atoms with Crippen molar-refractivity contribution in [3.05, 3.63) is 83.5 Å². The highest BCUT2D eigenvalue weighted by Gasteiger charge is 2.46. The molecule has 1 aliphatic heterocycles. The highest BCUT2D eigenvalue weighted by atomic mass is 32.1. The number of Topliss-reactive ketones (excluding diaryl/α,β-unsaturated/α-hetero) is 1. The Morgan fingerprint density at radius 1 is 1.16 bits per heavy atom. The number of rotatable bonds is 5. The molecule has 1 aliphatic rings. The number of anilines is 1. The van der Waals surface area contributed by atoms with E-state index in [2.05, 4.69) is 4.98 Å². The Morgan fingerprint density at radius 3 is 2.72 bits per heavy atom. The van der Waals surface area contributed by atoms with E-state index in [9.17, 15) is 19.8 Å². The molecule has 4 aromatic rings. The first-order valence-electron chi connectivity index (χ1n) is 9.56. The highest BCUT2D eigenvalue weighted by Crippen LogP contribution is 2.45. The number of furan rings is 1. The molecule has 0 aliphatic carbocycles. The molecule has 5 rings (SSSR count). The lowest BCUT2D eigenvalue weighted by atomic mass is 9.95. The van der Waals surface area contributed by atoms with Gasteiger partial charge in [0.25, 0.3) is 5.91 Å². The molecule has 160 valence electrons. The number of ether oxygens (including phenoxy) is 1. The number of carbonyl (C=O) groups is 2. The van der Waals surface area contributed by atoms with Gasteiger partial charge in [-0.3, -0.25) is 14.5 Å². The first-order chi connectivity index (χ1) is 15.5. The van der Waals surface area contributed by atoms with Crippen molar-refractivity contribution in [1.29, 1.82) is 0 Å². The van der Waals surface area contributed by atoms with Crippen molar-refractivity contribution in [2.75, 3.05) is 12.0 Å². The third-order valence-corrected chi connectivity index (χ3v) is 6.19. The summed E-state index contributed by atoms with van der Waals surface area (Å²) in [5, 5.41) is 21.1. The van der Waals surface area contributed by atoms with Gasteiger partial charge in [-0.25, -0.2) is 4.98 Å². The number of phenols is 1. The number of hydrogen-bond donors (Lipinski definition) is 2. The van der Waals surface area contributed by atoms with Crippen LogP contribution in [-0.2, 0) is 4.79 Å². The van der Waals surface area contributed by atoms with Crippen LogP contribution in [0.25, 0.3) is 10.2 Å². The summed E-state index contributed by atoms with van der Waals surface area (Å²) in [6, 6.07) is 13.5. The molecule has 2 aromatic carbocycles. The Kier molecular flexibility index (Phi) is 4.67. The Balaban J connectivity index is 1.68. The van der Waals surface area contributed by atoms with Gasteiger partial charge in [-0.1, -0.05) is 23.5 Å². The van der Waals surface area contributed by atoms with Gasteiger partial charge in [0.15, 0.2) is 16.7 Å². The lowest BCUT2D eigenvalue weighted by molar-refractivity contribution is -0.117. The van der Waals surface area contributed by atoms with Gasteiger partial charge < -0.3 is 19.4 Å². The molecule has 1 atom stereocenters. The molecule has 0 fully saturated rings. The fraction of sp³-hybridized carbons (Fsp3) is 0.0870. The second kappa shape index (κ2) is 7.54. The Hall–Kier alpha value is -4.11. The molecule has 1 unspecified atom stereocenters. The van der Waals surface area contributed by atoms with Gasteiger partial charge in [0.1, 0.15) is 11.5 Å². The van der Waals surface area contributed by atoms with E-state index < -0.39 is 23.5 Å². The number of aromatic hydroxyl groups is 1. The van der Waals surface area contributed by atoms with Crippen molar-refractivity contribution >= 4 is 38.4 Å². The first kappa shape index (κ1) is 19.8. The number of methoxy groups -OCH3 is 1. The number of hydrogen-bond acceptors (Lipinski definition) is 8. The maximum Gasteiger partial charge on any atom is 0.296 e. The predicted molar refractivity (Wildman–Crippen MR) is 117 cm³/mol. The smallest absolute Gasteiger partial charge is 0.296 e. The zero-order chi connectivity index (χ0) is 22.4. The SMILES string of the molecule is COc1ccc2nc(N3C(=O)C(O)=C(C(=O)c4ccco4)C3c3cccc(O)c3)sc2c1. The molecular formula is C23H16N2O6S. The molecule has 9 heteroatoms. The van der Waals surface area contributed by atoms with Crippen LogP contribution in [0, 0.1) is 0 Å². The average Bonchev–Trinajstić information content (AvgIpc) is 3.51. The van der Waals surface area contributed by atoms with E-state index in [1.54, 1.807) is 43.5 Å². The predicted octanol–water partition coefficient (Wildman–Crippen LogP) is 4.39. The second-order valence-corrected chi connectivity index (χ2v) is 8.08. The van der Waals surface area contributed by atoms with Crippen LogP contribution in [-0.4, -0.2) is 34.0 Å². The molecule has 0 saturated heterocycles. The molecule has 2 N–H and O–H groups in total. The van der Waals surface area contributed by atoms with E-state index in [0.717, 1.165) is 4.70 Å². The zero-order valence-electron chi connectivity index (χ0n) is 16.7. The fourth-order valence-electron chi connectivity index (χ4n) is 3.71. The van der Waals surface area contributed by atoms with Crippen molar-refractivity contribution in [2.45, 2.75) is 6.04 Å². The molecule has 0 saturated carbocycles. The van der Waals surface area contributed by atoms with Gasteiger partial charge in [0, 0.05) is 0 Å². The number of ketones is 1. The molecule has 0 radical (unpaired) electrons. The maximum absolute atomic E-state index is 13.2. The van der Waals surface area contributed by atoms with Crippen molar-refractivity contribution in [2.24, 2.45) is 0 Å². The Morgan fingerprint density at radius 2 is 2.00 bits per heavy atom. The van der Waals surface area contributed by atoms with Crippen LogP contribution in [0.4, 0.5) is 5.13 Å². The summed E-state index contributed by atoms with van der Waals surface area (Å²) >= 11 is 1.22. The van der Waals surface area contributed by atoms with Gasteiger partial charge in [0.2, 0.25) is 5.78 Å². The summed E-state index contributed by atoms with van der Waals surface area (Å²) in [4.78, 5) is 32.2. The molecular weight excluding hydrogens is 432 g/mol. The van der Waals surface area contributed by atoms with Gasteiger partial charge in [-0.05, 0) is 48.0 Å². The van der Waals surface area contributed by atoms with Crippen molar-refractivity contribution in [3.63, 3.8) is 0 Å². The normalized spacial score (nSPS) is 16.2. The summed E-state index contributed by atoms with van der Waals surface area (Å²) in [6.07, 6.45) is 1.34. The van der Waals surface area contributed by atoms with E-state index >= 15 is 0 Å². The van der Waals surface area contributed by atoms with Crippen molar-refractivity contribution in [1.82, 2.24) is 4.98 Å². The van der Waals surface area contributed by atoms with E-state index in [1.165, 1.54) is 40.7 Å². The minimum atomic E-state index is -1.00. The minimum absolute atomic E-state index is 0.0135. The third-order valence-electron chi connectivity index (χ3n) is 5.17. The van der Waals surface area contributed by atoms with Gasteiger partial charge in [-0.2, -0.15) is 0 Å². The number of nitrogens with zero attached hydrogens (tertiary/aromatic N) is 2. The summed E-state index contributed by atoms with van der Waals surface area (Å²) in [5.74, 6) is -1.49. The first-order valence-corrected chi connectivity index (χ1v) is 10.4. The van der Waals surface area contributed by atoms with Crippen LogP contribution in [0.3, 0.4) is 0 Å². The Bertz CT molecular complexity index is 1390. The van der Waals surface area contributed by atoms with Crippen molar-refractivity contribution < 1.29 is 29.0 Å². The topological polar surface area (TPSA) is 113 Å². The lowest BCUT2D eigenvalue weighted by Crippen LogP contribution is -2.30. The molecule has 1 amide bonds. The molecule has 32 heavy (non-hydrogen) atoms. The maximum atomic E-state index is 13.2. The number of phenolic OH excluding ortho intramolecular Hbond substituents is 1. The molecule has 0 bridgehead atoms. The lowest BCUT2D eigenvalue weighted by Gasteiger charge is -2.24. The summed E-state index contributed by atoms with van der Waals surface area (Å²) < 4.78 is 11.2. The summed E-state index contributed by atoms with van der Waals surface area (Å²) in [5.41, 5.74) is 0.931. The number of thiazole rings is 1. The monoisotopic (exact) mass is 448 g/mol. The van der Waals surface area contributed by atoms with E-state index in [0.29, 0.717) is 22.0 Å². The number of fused-ring (bicyclic) bond motifs is 1. The molecule has 3 heterocycles. The molecule has 0 spiro atoms. The average molecular weight is 448 g/mol. The largest absolute Gasteiger partial charge is 0.508 e. The minimum Gasteiger partial charge on any atom is -0.508 e. The van der Waals surface area contributed by atoms with Crippen LogP contribution in [0.15, 0.2) is 76.6 Å². The van der Waals surface area contributed by atoms with Crippen LogP contribution in [0.2, 0.25) is 0 Å². The summed E-state index contributed by atoms with van der Waals surface area (Å²) in [7, 11) is 1.56. The van der Waals surface area contributed by atoms with Gasteiger partial charge >= 0.3 is 0 Å². The standard InChI is InChI=1S/C23H16N2O6S/c1-30-14-7-8-15-17(11-14)32-23(24-15)25-19(12-4-2-5-13(26)10-12)18(21(28)22(25)29)20(27)16-6-3-9-31-16/h2-11,19,26,28H,1H3. The second-order valence-electron chi connectivity index (χ2n) is 7.07. The van der Waals surface area contributed by atoms with Crippen LogP contribution >= 0.6 is 11.3 Å². The van der Waals surface area contributed by atoms with Gasteiger partial charge in [-0.15, -0.1) is 0 Å². The van der Waals surface area contributed by atoms with Gasteiger partial charge in [0.05, 0.1) is 35.2 Å². The number of benzene rings is 2. The van der Waals surface area contributed by atoms with Crippen LogP contribution in [0.1, 0.15) is 22.2 Å². The van der Waals surface area contributed by atoms with Crippen LogP contribution in [0.5, 0.6) is 11.5 Å². The van der Waals surface area contributed by atoms with E-state index in [1.807, 2.05) is 0 Å². The number of carbonyl (C=O) groups excluding carboxylic acids is 2. The molecule has 2 aromatic heterocycles. The van der Waals surface area contributed by atoms with Crippen LogP contribution < -0.4 is 9.64 Å². The fourth-order valence-corrected chi connectivity index (χ4v) is 4.73. The third kappa shape index (κ3) is 3.10. The van der Waals surface area contributed by atoms with Crippen molar-refractivity contribution in [3.8, 4) is 11.5 Å². The summed E-state index contributed by atoms with van der Waals surface area (Å²) in [6.45, 7) is 0. The van der Waals surface area contributed by atoms with E-state index in [-0.39, 0.29) is 17.1 Å². The highest BCUT2D eigenvalue weighted by molar-refractivity contribution is 7.22. The quantitative estimate of drug-likeness (QED) is 0.436. The Labute approximate surface area is 185 Å². The number of amides is 1. The number of aliphatic hydroxyl groups is 1. The molecule has 8 nitrogen and oxygen atoms in total. The number of aromatic nitrogens is 1. The van der Waals surface area contributed by atoms with E-state index in [4.69, 9.17) is 9.15 Å².